The lowest BCUT2D eigenvalue weighted by molar-refractivity contribution is -0.142. The number of hydrogen-bond acceptors (Lipinski definition) is 5. The lowest BCUT2D eigenvalue weighted by Crippen LogP contribution is -2.28. The number of nitrogens with one attached hydrogen (secondary N) is 1. The quantitative estimate of drug-likeness (QED) is 0.773. The molecule has 0 radical (unpaired) electrons. The van der Waals surface area contributed by atoms with Gasteiger partial charge in [0.05, 0.1) is 32.3 Å². The van der Waals surface area contributed by atoms with Crippen molar-refractivity contribution in [2.45, 2.75) is 19.3 Å². The van der Waals surface area contributed by atoms with Crippen LogP contribution in [0.15, 0.2) is 36.4 Å². The molecule has 0 saturated heterocycles. The van der Waals surface area contributed by atoms with E-state index in [2.05, 4.69) is 5.32 Å². The predicted octanol–water partition coefficient (Wildman–Crippen LogP) is 3.33. The Hall–Kier alpha value is -3.22. The number of carboxylic acids is 1. The van der Waals surface area contributed by atoms with Crippen molar-refractivity contribution in [3.63, 3.8) is 0 Å². The predicted molar refractivity (Wildman–Crippen MR) is 101 cm³/mol. The van der Waals surface area contributed by atoms with Crippen molar-refractivity contribution in [2.24, 2.45) is 0 Å². The Balaban J connectivity index is 2.29. The van der Waals surface area contributed by atoms with E-state index in [9.17, 15) is 14.7 Å². The van der Waals surface area contributed by atoms with Gasteiger partial charge in [-0.2, -0.15) is 0 Å². The summed E-state index contributed by atoms with van der Waals surface area (Å²) in [7, 11) is 4.40. The monoisotopic (exact) mass is 373 g/mol. The first-order valence-electron chi connectivity index (χ1n) is 8.20. The molecule has 0 fully saturated rings. The van der Waals surface area contributed by atoms with E-state index in [-0.39, 0.29) is 11.3 Å². The van der Waals surface area contributed by atoms with Crippen LogP contribution in [0, 0.1) is 0 Å². The summed E-state index contributed by atoms with van der Waals surface area (Å²) in [5.74, 6) is -0.275. The van der Waals surface area contributed by atoms with E-state index in [4.69, 9.17) is 14.2 Å². The van der Waals surface area contributed by atoms with Gasteiger partial charge in [0.1, 0.15) is 0 Å². The zero-order valence-corrected chi connectivity index (χ0v) is 16.0. The molecular formula is C20H23NO6. The van der Waals surface area contributed by atoms with Crippen LogP contribution >= 0.6 is 0 Å². The Bertz CT molecular complexity index is 842. The minimum Gasteiger partial charge on any atom is -0.493 e. The smallest absolute Gasteiger partial charge is 0.313 e. The fourth-order valence-electron chi connectivity index (χ4n) is 2.57. The summed E-state index contributed by atoms with van der Waals surface area (Å²) in [6, 6.07) is 9.87. The van der Waals surface area contributed by atoms with E-state index in [1.807, 2.05) is 0 Å². The van der Waals surface area contributed by atoms with Gasteiger partial charge in [-0.25, -0.2) is 0 Å². The number of benzene rings is 2. The van der Waals surface area contributed by atoms with Crippen LogP contribution < -0.4 is 19.5 Å². The van der Waals surface area contributed by atoms with Crippen molar-refractivity contribution in [3.8, 4) is 17.2 Å². The number of rotatable bonds is 7. The maximum atomic E-state index is 12.7. The minimum absolute atomic E-state index is 0.262. The molecule has 0 atom stereocenters. The van der Waals surface area contributed by atoms with E-state index in [0.29, 0.717) is 22.7 Å². The zero-order valence-electron chi connectivity index (χ0n) is 16.0. The Morgan fingerprint density at radius 1 is 0.889 bits per heavy atom. The van der Waals surface area contributed by atoms with Gasteiger partial charge >= 0.3 is 5.97 Å². The van der Waals surface area contributed by atoms with Gasteiger partial charge < -0.3 is 24.6 Å². The normalized spacial score (nSPS) is 10.9. The van der Waals surface area contributed by atoms with E-state index in [0.717, 1.165) is 0 Å². The number of anilines is 1. The maximum absolute atomic E-state index is 12.7. The van der Waals surface area contributed by atoms with Crippen molar-refractivity contribution in [1.82, 2.24) is 0 Å². The second-order valence-electron chi connectivity index (χ2n) is 6.34. The molecule has 2 rings (SSSR count). The van der Waals surface area contributed by atoms with Crippen molar-refractivity contribution in [2.75, 3.05) is 26.6 Å². The number of carbonyl (C=O) groups excluding carboxylic acids is 1. The van der Waals surface area contributed by atoms with E-state index >= 15 is 0 Å². The number of hydrogen-bond donors (Lipinski definition) is 2. The molecule has 0 heterocycles. The molecule has 0 spiro atoms. The molecule has 0 saturated carbocycles. The van der Waals surface area contributed by atoms with Crippen LogP contribution in [0.1, 0.15) is 29.8 Å². The number of aliphatic carboxylic acids is 1. The second-order valence-corrected chi connectivity index (χ2v) is 6.34. The Morgan fingerprint density at radius 3 is 1.96 bits per heavy atom. The number of ether oxygens (including phenoxy) is 3. The van der Waals surface area contributed by atoms with E-state index in [1.165, 1.54) is 21.3 Å². The van der Waals surface area contributed by atoms with Gasteiger partial charge in [-0.3, -0.25) is 9.59 Å². The van der Waals surface area contributed by atoms with Gasteiger partial charge in [-0.15, -0.1) is 0 Å². The molecule has 27 heavy (non-hydrogen) atoms. The topological polar surface area (TPSA) is 94.1 Å². The van der Waals surface area contributed by atoms with Gasteiger partial charge in [-0.05, 0) is 43.7 Å². The van der Waals surface area contributed by atoms with E-state index in [1.54, 1.807) is 50.2 Å². The summed E-state index contributed by atoms with van der Waals surface area (Å²) in [6.07, 6.45) is 0. The molecule has 1 amide bonds. The summed E-state index contributed by atoms with van der Waals surface area (Å²) in [6.45, 7) is 3.24. The largest absolute Gasteiger partial charge is 0.493 e. The van der Waals surface area contributed by atoms with Crippen LogP contribution in [0.3, 0.4) is 0 Å². The molecule has 7 nitrogen and oxygen atoms in total. The Labute approximate surface area is 157 Å². The third-order valence-corrected chi connectivity index (χ3v) is 4.35. The third kappa shape index (κ3) is 3.97. The highest BCUT2D eigenvalue weighted by molar-refractivity contribution is 6.07. The molecule has 2 aromatic carbocycles. The number of carbonyl (C=O) groups is 2. The Morgan fingerprint density at radius 2 is 1.48 bits per heavy atom. The summed E-state index contributed by atoms with van der Waals surface area (Å²) in [5.41, 5.74) is 0.429. The van der Waals surface area contributed by atoms with Crippen LogP contribution in [0.5, 0.6) is 17.2 Å². The Kier molecular flexibility index (Phi) is 5.95. The van der Waals surface area contributed by atoms with Gasteiger partial charge in [0.15, 0.2) is 11.5 Å². The maximum Gasteiger partial charge on any atom is 0.313 e. The summed E-state index contributed by atoms with van der Waals surface area (Å²) < 4.78 is 15.8. The highest BCUT2D eigenvalue weighted by atomic mass is 16.5. The molecule has 0 unspecified atom stereocenters. The third-order valence-electron chi connectivity index (χ3n) is 4.35. The van der Waals surface area contributed by atoms with Gasteiger partial charge in [0, 0.05) is 5.69 Å². The van der Waals surface area contributed by atoms with E-state index < -0.39 is 17.3 Å². The fourth-order valence-corrected chi connectivity index (χ4v) is 2.57. The van der Waals surface area contributed by atoms with Crippen LogP contribution in [-0.2, 0) is 10.2 Å². The lowest BCUT2D eigenvalue weighted by atomic mass is 9.85. The molecule has 7 heteroatoms. The molecule has 0 bridgehead atoms. The molecule has 2 N–H and O–H groups in total. The second kappa shape index (κ2) is 7.99. The average Bonchev–Trinajstić information content (AvgIpc) is 2.66. The minimum atomic E-state index is -1.02. The zero-order chi connectivity index (χ0) is 20.2. The number of amides is 1. The molecule has 0 aliphatic rings. The van der Waals surface area contributed by atoms with Crippen LogP contribution in [-0.4, -0.2) is 38.3 Å². The first-order chi connectivity index (χ1) is 12.8. The summed E-state index contributed by atoms with van der Waals surface area (Å²) in [4.78, 5) is 24.0. The fraction of sp³-hybridized carbons (Fsp3) is 0.300. The molecule has 0 aliphatic carbocycles. The average molecular weight is 373 g/mol. The van der Waals surface area contributed by atoms with Crippen molar-refractivity contribution >= 4 is 17.6 Å². The van der Waals surface area contributed by atoms with Crippen molar-refractivity contribution < 1.29 is 28.9 Å². The molecule has 0 aromatic heterocycles. The SMILES string of the molecule is COc1ccc(C(=O)Nc2ccc(C(C)(C)C(=O)O)cc2)c(OC)c1OC. The van der Waals surface area contributed by atoms with Gasteiger partial charge in [0.25, 0.3) is 5.91 Å². The summed E-state index contributed by atoms with van der Waals surface area (Å²) >= 11 is 0. The molecule has 0 aliphatic heterocycles. The molecule has 144 valence electrons. The highest BCUT2D eigenvalue weighted by Gasteiger charge is 2.29. The van der Waals surface area contributed by atoms with Crippen molar-refractivity contribution in [3.05, 3.63) is 47.5 Å². The number of methoxy groups -OCH3 is 3. The van der Waals surface area contributed by atoms with Crippen LogP contribution in [0.25, 0.3) is 0 Å². The first-order valence-corrected chi connectivity index (χ1v) is 8.20. The lowest BCUT2D eigenvalue weighted by Gasteiger charge is -2.20. The first kappa shape index (κ1) is 20.1. The van der Waals surface area contributed by atoms with Crippen molar-refractivity contribution in [1.29, 1.82) is 0 Å². The molecular weight excluding hydrogens is 350 g/mol. The molecule has 2 aromatic rings. The van der Waals surface area contributed by atoms with Gasteiger partial charge in [0.2, 0.25) is 5.75 Å². The van der Waals surface area contributed by atoms with Crippen LogP contribution in [0.2, 0.25) is 0 Å². The standard InChI is InChI=1S/C20H23NO6/c1-20(2,19(23)24)12-6-8-13(9-7-12)21-18(22)14-10-11-15(25-3)17(27-5)16(14)26-4/h6-11H,1-5H3,(H,21,22)(H,23,24). The summed E-state index contributed by atoms with van der Waals surface area (Å²) in [5, 5.41) is 12.1. The number of carboxylic acid groups (broad SMARTS) is 1. The highest BCUT2D eigenvalue weighted by Crippen LogP contribution is 2.40. The van der Waals surface area contributed by atoms with Gasteiger partial charge in [-0.1, -0.05) is 12.1 Å². The van der Waals surface area contributed by atoms with Crippen LogP contribution in [0.4, 0.5) is 5.69 Å².